The third kappa shape index (κ3) is 2.02. The highest BCUT2D eigenvalue weighted by atomic mass is 17.0. The van der Waals surface area contributed by atoms with Crippen LogP contribution in [0.25, 0.3) is 0 Å². The van der Waals surface area contributed by atoms with Crippen molar-refractivity contribution in [3.8, 4) is 0 Å². The number of hydrogen-bond acceptors (Lipinski definition) is 4. The fraction of sp³-hybridized carbons (Fsp3) is 1.00. The molecule has 4 fully saturated rings. The summed E-state index contributed by atoms with van der Waals surface area (Å²) in [7, 11) is 0. The first-order valence-electron chi connectivity index (χ1n) is 7.48. The summed E-state index contributed by atoms with van der Waals surface area (Å²) in [6.07, 6.45) is 8.34. The van der Waals surface area contributed by atoms with Crippen LogP contribution in [0.3, 0.4) is 0 Å². The Morgan fingerprint density at radius 2 is 1.95 bits per heavy atom. The lowest BCUT2D eigenvalue weighted by Crippen LogP contribution is -2.61. The second-order valence-electron chi connectivity index (χ2n) is 7.40. The zero-order valence-corrected chi connectivity index (χ0v) is 11.7. The monoisotopic (exact) mass is 268 g/mol. The summed E-state index contributed by atoms with van der Waals surface area (Å²) in [6, 6.07) is 0. The molecular formula is C14H24N2O3. The van der Waals surface area contributed by atoms with Crippen molar-refractivity contribution in [2.45, 2.75) is 63.9 Å². The molecule has 4 saturated carbocycles. The number of nitrogens with two attached hydrogens (primary N) is 1. The molecule has 4 unspecified atom stereocenters. The van der Waals surface area contributed by atoms with E-state index >= 15 is 0 Å². The van der Waals surface area contributed by atoms with E-state index in [1.54, 1.807) is 0 Å². The minimum Gasteiger partial charge on any atom is -0.330 e. The fourth-order valence-corrected chi connectivity index (χ4v) is 5.99. The Morgan fingerprint density at radius 1 is 1.26 bits per heavy atom. The van der Waals surface area contributed by atoms with Gasteiger partial charge in [0.15, 0.2) is 0 Å². The van der Waals surface area contributed by atoms with Crippen LogP contribution in [0.15, 0.2) is 0 Å². The molecule has 4 bridgehead atoms. The summed E-state index contributed by atoms with van der Waals surface area (Å²) in [5.74, 6) is 0.600. The number of rotatable bonds is 5. The van der Waals surface area contributed by atoms with E-state index in [-0.39, 0.29) is 10.8 Å². The first kappa shape index (κ1) is 13.2. The Hall–Kier alpha value is -0.840. The molecule has 0 aliphatic heterocycles. The molecule has 0 aromatic carbocycles. The maximum Gasteiger partial charge on any atom is 0.295 e. The van der Waals surface area contributed by atoms with Crippen molar-refractivity contribution in [1.29, 1.82) is 0 Å². The maximum atomic E-state index is 10.9. The molecule has 4 rings (SSSR count). The van der Waals surface area contributed by atoms with Crippen LogP contribution in [-0.4, -0.2) is 17.2 Å². The van der Waals surface area contributed by atoms with Gasteiger partial charge in [-0.05, 0) is 68.2 Å². The summed E-state index contributed by atoms with van der Waals surface area (Å²) < 4.78 is 0. The molecule has 0 amide bonds. The van der Waals surface area contributed by atoms with Gasteiger partial charge in [0, 0.05) is 0 Å². The van der Waals surface area contributed by atoms with Crippen molar-refractivity contribution >= 4 is 0 Å². The molecule has 2 N–H and O–H groups in total. The second-order valence-corrected chi connectivity index (χ2v) is 7.40. The van der Waals surface area contributed by atoms with Crippen LogP contribution in [0.4, 0.5) is 0 Å². The fourth-order valence-electron chi connectivity index (χ4n) is 5.99. The quantitative estimate of drug-likeness (QED) is 0.614. The summed E-state index contributed by atoms with van der Waals surface area (Å²) in [5.41, 5.74) is 5.78. The Balaban J connectivity index is 1.94. The van der Waals surface area contributed by atoms with Gasteiger partial charge in [0.25, 0.3) is 5.09 Å². The highest BCUT2D eigenvalue weighted by molar-refractivity contribution is 5.13. The summed E-state index contributed by atoms with van der Waals surface area (Å²) in [4.78, 5) is 16.1. The predicted octanol–water partition coefficient (Wildman–Crippen LogP) is 2.66. The van der Waals surface area contributed by atoms with Crippen LogP contribution in [0, 0.1) is 26.9 Å². The van der Waals surface area contributed by atoms with Crippen molar-refractivity contribution in [1.82, 2.24) is 0 Å². The predicted molar refractivity (Wildman–Crippen MR) is 70.8 cm³/mol. The van der Waals surface area contributed by atoms with Crippen LogP contribution in [0.2, 0.25) is 0 Å². The average molecular weight is 268 g/mol. The van der Waals surface area contributed by atoms with Gasteiger partial charge in [0.05, 0.1) is 0 Å². The van der Waals surface area contributed by atoms with E-state index in [4.69, 9.17) is 10.6 Å². The van der Waals surface area contributed by atoms with Crippen LogP contribution < -0.4 is 5.73 Å². The van der Waals surface area contributed by atoms with Crippen LogP contribution >= 0.6 is 0 Å². The van der Waals surface area contributed by atoms with Crippen molar-refractivity contribution in [2.24, 2.45) is 22.5 Å². The summed E-state index contributed by atoms with van der Waals surface area (Å²) in [5, 5.41) is 10.3. The molecular weight excluding hydrogens is 244 g/mol. The maximum absolute atomic E-state index is 10.9. The molecule has 0 spiro atoms. The van der Waals surface area contributed by atoms with Gasteiger partial charge in [-0.1, -0.05) is 13.3 Å². The Labute approximate surface area is 114 Å². The summed E-state index contributed by atoms with van der Waals surface area (Å²) >= 11 is 0. The van der Waals surface area contributed by atoms with Gasteiger partial charge in [-0.2, -0.15) is 0 Å². The average Bonchev–Trinajstić information content (AvgIpc) is 2.25. The Morgan fingerprint density at radius 3 is 2.58 bits per heavy atom. The Bertz CT molecular complexity index is 402. The van der Waals surface area contributed by atoms with Crippen molar-refractivity contribution < 1.29 is 9.92 Å². The van der Waals surface area contributed by atoms with Gasteiger partial charge < -0.3 is 10.6 Å². The molecule has 0 aromatic heterocycles. The van der Waals surface area contributed by atoms with E-state index in [2.05, 4.69) is 6.92 Å². The normalized spacial score (nSPS) is 47.4. The van der Waals surface area contributed by atoms with Gasteiger partial charge in [-0.3, -0.25) is 0 Å². The minimum atomic E-state index is -0.563. The molecule has 0 aromatic rings. The highest BCUT2D eigenvalue weighted by Crippen LogP contribution is 2.69. The lowest BCUT2D eigenvalue weighted by molar-refractivity contribution is -0.786. The van der Waals surface area contributed by atoms with Crippen LogP contribution in [-0.2, 0) is 4.84 Å². The Kier molecular flexibility index (Phi) is 2.82. The first-order chi connectivity index (χ1) is 8.94. The smallest absolute Gasteiger partial charge is 0.295 e. The molecule has 0 radical (unpaired) electrons. The zero-order chi connectivity index (χ0) is 13.7. The summed E-state index contributed by atoms with van der Waals surface area (Å²) in [6.45, 7) is 2.91. The van der Waals surface area contributed by atoms with Gasteiger partial charge >= 0.3 is 0 Å². The highest BCUT2D eigenvalue weighted by Gasteiger charge is 2.63. The largest absolute Gasteiger partial charge is 0.330 e. The van der Waals surface area contributed by atoms with Crippen LogP contribution in [0.5, 0.6) is 0 Å². The van der Waals surface area contributed by atoms with E-state index in [1.165, 1.54) is 19.3 Å². The van der Waals surface area contributed by atoms with Crippen molar-refractivity contribution in [2.75, 3.05) is 6.54 Å². The lowest BCUT2D eigenvalue weighted by Gasteiger charge is -2.65. The molecule has 108 valence electrons. The van der Waals surface area contributed by atoms with Crippen LogP contribution in [0.1, 0.15) is 58.3 Å². The molecule has 4 aliphatic rings. The SMILES string of the molecule is CCC12CC3CC(CCN)(C1)CC(O[N+](=O)[O-])(C3)C2. The molecule has 0 saturated heterocycles. The zero-order valence-electron chi connectivity index (χ0n) is 11.7. The van der Waals surface area contributed by atoms with Gasteiger partial charge in [0.1, 0.15) is 5.60 Å². The molecule has 0 heterocycles. The van der Waals surface area contributed by atoms with Gasteiger partial charge in [0.2, 0.25) is 0 Å². The first-order valence-corrected chi connectivity index (χ1v) is 7.48. The van der Waals surface area contributed by atoms with E-state index in [0.29, 0.717) is 12.5 Å². The third-order valence-electron chi connectivity index (χ3n) is 5.94. The van der Waals surface area contributed by atoms with E-state index < -0.39 is 10.7 Å². The molecule has 5 nitrogen and oxygen atoms in total. The van der Waals surface area contributed by atoms with Gasteiger partial charge in [-0.15, -0.1) is 10.1 Å². The number of nitrogens with zero attached hydrogens (tertiary/aromatic N) is 1. The molecule has 19 heavy (non-hydrogen) atoms. The molecule has 4 atom stereocenters. The molecule has 5 heteroatoms. The number of hydrogen-bond donors (Lipinski definition) is 1. The molecule has 4 aliphatic carbocycles. The van der Waals surface area contributed by atoms with E-state index in [1.807, 2.05) is 0 Å². The van der Waals surface area contributed by atoms with Gasteiger partial charge in [-0.25, -0.2) is 0 Å². The third-order valence-corrected chi connectivity index (χ3v) is 5.94. The van der Waals surface area contributed by atoms with Crippen molar-refractivity contribution in [3.05, 3.63) is 10.1 Å². The van der Waals surface area contributed by atoms with E-state index in [0.717, 1.165) is 32.1 Å². The van der Waals surface area contributed by atoms with Crippen molar-refractivity contribution in [3.63, 3.8) is 0 Å². The second kappa shape index (κ2) is 4.08. The standard InChI is InChI=1S/C14H24N2O3/c1-2-12-5-11-6-13(8-12,3-4-15)10-14(7-11,9-12)19-16(17)18/h11H,2-10,15H2,1H3. The topological polar surface area (TPSA) is 78.4 Å². The minimum absolute atomic E-state index is 0.209. The lowest BCUT2D eigenvalue weighted by atomic mass is 9.41. The van der Waals surface area contributed by atoms with E-state index in [9.17, 15) is 10.1 Å².